The van der Waals surface area contributed by atoms with Gasteiger partial charge in [-0.2, -0.15) is 0 Å². The number of rotatable bonds is 6. The van der Waals surface area contributed by atoms with Crippen molar-refractivity contribution in [1.29, 1.82) is 0 Å². The van der Waals surface area contributed by atoms with Gasteiger partial charge in [0.05, 0.1) is 5.69 Å². The highest BCUT2D eigenvalue weighted by Gasteiger charge is 2.11. The summed E-state index contributed by atoms with van der Waals surface area (Å²) in [4.78, 5) is 12.3. The number of carbonyl (C=O) groups is 1. The van der Waals surface area contributed by atoms with Crippen LogP contribution in [0.15, 0.2) is 66.7 Å². The van der Waals surface area contributed by atoms with Gasteiger partial charge >= 0.3 is 0 Å². The van der Waals surface area contributed by atoms with Crippen LogP contribution >= 0.6 is 23.2 Å². The molecule has 0 atom stereocenters. The Morgan fingerprint density at radius 3 is 2.48 bits per heavy atom. The fourth-order valence-electron chi connectivity index (χ4n) is 2.35. The molecule has 6 heteroatoms. The van der Waals surface area contributed by atoms with E-state index in [-0.39, 0.29) is 12.5 Å². The number of anilines is 1. The smallest absolute Gasteiger partial charge is 0.262 e. The van der Waals surface area contributed by atoms with Crippen LogP contribution < -0.4 is 14.8 Å². The molecular weight excluding hydrogens is 385 g/mol. The third kappa shape index (κ3) is 5.39. The van der Waals surface area contributed by atoms with Crippen molar-refractivity contribution in [2.75, 3.05) is 11.9 Å². The van der Waals surface area contributed by atoms with E-state index < -0.39 is 0 Å². The van der Waals surface area contributed by atoms with Gasteiger partial charge in [-0.3, -0.25) is 4.79 Å². The van der Waals surface area contributed by atoms with Crippen molar-refractivity contribution < 1.29 is 14.3 Å². The largest absolute Gasteiger partial charge is 0.484 e. The first-order chi connectivity index (χ1) is 13.0. The van der Waals surface area contributed by atoms with E-state index in [2.05, 4.69) is 5.32 Å². The van der Waals surface area contributed by atoms with Gasteiger partial charge < -0.3 is 14.8 Å². The number of hydrogen-bond donors (Lipinski definition) is 1. The van der Waals surface area contributed by atoms with Crippen LogP contribution in [0.5, 0.6) is 17.2 Å². The topological polar surface area (TPSA) is 47.6 Å². The molecule has 0 radical (unpaired) electrons. The lowest BCUT2D eigenvalue weighted by atomic mass is 10.2. The molecule has 27 heavy (non-hydrogen) atoms. The molecule has 0 aliphatic carbocycles. The first kappa shape index (κ1) is 19.1. The van der Waals surface area contributed by atoms with Crippen LogP contribution in [0.4, 0.5) is 5.69 Å². The highest BCUT2D eigenvalue weighted by atomic mass is 35.5. The quantitative estimate of drug-likeness (QED) is 0.541. The lowest BCUT2D eigenvalue weighted by Gasteiger charge is -2.13. The van der Waals surface area contributed by atoms with Gasteiger partial charge in [-0.1, -0.05) is 41.4 Å². The Morgan fingerprint density at radius 2 is 1.74 bits per heavy atom. The number of carbonyl (C=O) groups excluding carboxylic acids is 1. The van der Waals surface area contributed by atoms with Gasteiger partial charge in [0, 0.05) is 10.0 Å². The van der Waals surface area contributed by atoms with Gasteiger partial charge in [-0.15, -0.1) is 0 Å². The molecule has 0 saturated heterocycles. The lowest BCUT2D eigenvalue weighted by Crippen LogP contribution is -2.20. The second kappa shape index (κ2) is 8.80. The molecule has 3 aromatic carbocycles. The molecule has 0 heterocycles. The lowest BCUT2D eigenvalue weighted by molar-refractivity contribution is -0.118. The summed E-state index contributed by atoms with van der Waals surface area (Å²) in [5, 5.41) is 3.90. The zero-order valence-electron chi connectivity index (χ0n) is 14.5. The maximum absolute atomic E-state index is 12.3. The molecule has 3 aromatic rings. The number of hydrogen-bond acceptors (Lipinski definition) is 3. The highest BCUT2D eigenvalue weighted by molar-refractivity contribution is 6.31. The molecule has 1 N–H and O–H groups in total. The zero-order valence-corrected chi connectivity index (χ0v) is 16.1. The molecular formula is C21H17Cl2NO3. The summed E-state index contributed by atoms with van der Waals surface area (Å²) in [6.45, 7) is 1.72. The van der Waals surface area contributed by atoms with Crippen molar-refractivity contribution in [2.45, 2.75) is 6.92 Å². The van der Waals surface area contributed by atoms with Crippen LogP contribution in [0, 0.1) is 6.92 Å². The zero-order chi connectivity index (χ0) is 19.2. The molecule has 4 nitrogen and oxygen atoms in total. The number of halogens is 2. The van der Waals surface area contributed by atoms with Crippen LogP contribution in [-0.4, -0.2) is 12.5 Å². The van der Waals surface area contributed by atoms with Gasteiger partial charge in [0.1, 0.15) is 11.5 Å². The monoisotopic (exact) mass is 401 g/mol. The van der Waals surface area contributed by atoms with Gasteiger partial charge in [-0.05, 0) is 61.0 Å². The standard InChI is InChI=1S/C21H17Cl2NO3/c1-14-11-17(8-9-18(14)23)26-13-21(25)24-19-12-15(22)7-10-20(19)27-16-5-3-2-4-6-16/h2-12H,13H2,1H3,(H,24,25). The van der Waals surface area contributed by atoms with Crippen LogP contribution in [-0.2, 0) is 4.79 Å². The summed E-state index contributed by atoms with van der Waals surface area (Å²) in [6.07, 6.45) is 0. The minimum Gasteiger partial charge on any atom is -0.484 e. The van der Waals surface area contributed by atoms with Crippen LogP contribution in [0.25, 0.3) is 0 Å². The average molecular weight is 402 g/mol. The molecule has 0 unspecified atom stereocenters. The second-order valence-corrected chi connectivity index (χ2v) is 6.65. The van der Waals surface area contributed by atoms with Crippen LogP contribution in [0.2, 0.25) is 10.0 Å². The summed E-state index contributed by atoms with van der Waals surface area (Å²) in [6, 6.07) is 19.5. The molecule has 0 spiro atoms. The van der Waals surface area contributed by atoms with E-state index in [1.165, 1.54) is 0 Å². The summed E-state index contributed by atoms with van der Waals surface area (Å²) in [5.74, 6) is 1.38. The molecule has 0 aliphatic heterocycles. The number of benzene rings is 3. The highest BCUT2D eigenvalue weighted by Crippen LogP contribution is 2.32. The van der Waals surface area contributed by atoms with Crippen molar-refractivity contribution >= 4 is 34.8 Å². The maximum Gasteiger partial charge on any atom is 0.262 e. The Hall–Kier alpha value is -2.69. The molecule has 0 bridgehead atoms. The van der Waals surface area contributed by atoms with Crippen molar-refractivity contribution in [3.63, 3.8) is 0 Å². The number of amides is 1. The Bertz CT molecular complexity index is 945. The summed E-state index contributed by atoms with van der Waals surface area (Å²) in [7, 11) is 0. The van der Waals surface area contributed by atoms with E-state index in [1.54, 1.807) is 36.4 Å². The molecule has 0 aromatic heterocycles. The fourth-order valence-corrected chi connectivity index (χ4v) is 2.64. The van der Waals surface area contributed by atoms with Crippen LogP contribution in [0.1, 0.15) is 5.56 Å². The molecule has 1 amide bonds. The third-order valence-electron chi connectivity index (χ3n) is 3.69. The first-order valence-electron chi connectivity index (χ1n) is 8.22. The third-order valence-corrected chi connectivity index (χ3v) is 4.35. The van der Waals surface area contributed by atoms with Gasteiger partial charge in [0.15, 0.2) is 12.4 Å². The molecule has 3 rings (SSSR count). The number of ether oxygens (including phenoxy) is 2. The number of para-hydroxylation sites is 1. The van der Waals surface area contributed by atoms with Crippen molar-refractivity contribution in [3.8, 4) is 17.2 Å². The van der Waals surface area contributed by atoms with Crippen molar-refractivity contribution in [2.24, 2.45) is 0 Å². The Labute approximate surface area is 167 Å². The summed E-state index contributed by atoms with van der Waals surface area (Å²) in [5.41, 5.74) is 1.34. The van der Waals surface area contributed by atoms with E-state index in [9.17, 15) is 4.79 Å². The normalized spacial score (nSPS) is 10.3. The average Bonchev–Trinajstić information content (AvgIpc) is 2.66. The van der Waals surface area contributed by atoms with E-state index in [4.69, 9.17) is 32.7 Å². The molecule has 0 aliphatic rings. The second-order valence-electron chi connectivity index (χ2n) is 5.80. The maximum atomic E-state index is 12.3. The molecule has 0 fully saturated rings. The van der Waals surface area contributed by atoms with E-state index in [0.717, 1.165) is 5.56 Å². The van der Waals surface area contributed by atoms with E-state index in [0.29, 0.717) is 33.0 Å². The van der Waals surface area contributed by atoms with Gasteiger partial charge in [0.2, 0.25) is 0 Å². The minimum absolute atomic E-state index is 0.154. The Morgan fingerprint density at radius 1 is 0.963 bits per heavy atom. The summed E-state index contributed by atoms with van der Waals surface area (Å²) >= 11 is 12.0. The van der Waals surface area contributed by atoms with Gasteiger partial charge in [0.25, 0.3) is 5.91 Å². The van der Waals surface area contributed by atoms with Crippen molar-refractivity contribution in [3.05, 3.63) is 82.3 Å². The minimum atomic E-state index is -0.331. The SMILES string of the molecule is Cc1cc(OCC(=O)Nc2cc(Cl)ccc2Oc2ccccc2)ccc1Cl. The summed E-state index contributed by atoms with van der Waals surface area (Å²) < 4.78 is 11.3. The first-order valence-corrected chi connectivity index (χ1v) is 8.98. The molecule has 138 valence electrons. The number of aryl methyl sites for hydroxylation is 1. The Kier molecular flexibility index (Phi) is 6.22. The molecule has 0 saturated carbocycles. The fraction of sp³-hybridized carbons (Fsp3) is 0.0952. The number of nitrogens with one attached hydrogen (secondary N) is 1. The van der Waals surface area contributed by atoms with E-state index in [1.807, 2.05) is 37.3 Å². The predicted octanol–water partition coefficient (Wildman–Crippen LogP) is 6.11. The van der Waals surface area contributed by atoms with Crippen LogP contribution in [0.3, 0.4) is 0 Å². The predicted molar refractivity (Wildman–Crippen MR) is 108 cm³/mol. The Balaban J connectivity index is 1.67. The van der Waals surface area contributed by atoms with Crippen molar-refractivity contribution in [1.82, 2.24) is 0 Å². The van der Waals surface area contributed by atoms with Gasteiger partial charge in [-0.25, -0.2) is 0 Å². The van der Waals surface area contributed by atoms with E-state index >= 15 is 0 Å².